The van der Waals surface area contributed by atoms with Crippen molar-refractivity contribution in [2.75, 3.05) is 18.1 Å². The van der Waals surface area contributed by atoms with Crippen LogP contribution in [-0.4, -0.2) is 40.2 Å². The van der Waals surface area contributed by atoms with E-state index in [0.717, 1.165) is 48.7 Å². The molecule has 1 aliphatic heterocycles. The van der Waals surface area contributed by atoms with Gasteiger partial charge < -0.3 is 15.7 Å². The summed E-state index contributed by atoms with van der Waals surface area (Å²) in [7, 11) is 0. The molecule has 2 atom stereocenters. The Kier molecular flexibility index (Phi) is 3.92. The summed E-state index contributed by atoms with van der Waals surface area (Å²) in [5.74, 6) is 0.603. The number of hydrogen-bond donors (Lipinski definition) is 2. The van der Waals surface area contributed by atoms with Gasteiger partial charge in [0.05, 0.1) is 5.69 Å². The molecule has 1 aliphatic carbocycles. The molecular weight excluding hydrogens is 316 g/mol. The SMILES string of the molecule is C[C@H]1[C@H](CO)CN1c1nc2c(c(-c3ccc(C(N)=O)cc3)n1)CCC2. The second-order valence-corrected chi connectivity index (χ2v) is 6.93. The summed E-state index contributed by atoms with van der Waals surface area (Å²) in [6, 6.07) is 7.54. The Balaban J connectivity index is 1.73. The molecule has 6 heteroatoms. The van der Waals surface area contributed by atoms with Crippen molar-refractivity contribution in [3.8, 4) is 11.3 Å². The fraction of sp³-hybridized carbons (Fsp3) is 0.421. The van der Waals surface area contributed by atoms with Crippen molar-refractivity contribution in [2.24, 2.45) is 11.7 Å². The van der Waals surface area contributed by atoms with Gasteiger partial charge in [0.2, 0.25) is 11.9 Å². The van der Waals surface area contributed by atoms with Crippen molar-refractivity contribution in [2.45, 2.75) is 32.2 Å². The van der Waals surface area contributed by atoms with Crippen LogP contribution < -0.4 is 10.6 Å². The minimum Gasteiger partial charge on any atom is -0.396 e. The molecule has 2 aliphatic rings. The van der Waals surface area contributed by atoms with Crippen molar-refractivity contribution in [1.82, 2.24) is 9.97 Å². The molecule has 0 radical (unpaired) electrons. The van der Waals surface area contributed by atoms with E-state index in [-0.39, 0.29) is 18.6 Å². The van der Waals surface area contributed by atoms with Crippen LogP contribution in [0, 0.1) is 5.92 Å². The van der Waals surface area contributed by atoms with Crippen LogP contribution in [-0.2, 0) is 12.8 Å². The number of aliphatic hydroxyl groups is 1. The van der Waals surface area contributed by atoms with Crippen LogP contribution in [0.3, 0.4) is 0 Å². The van der Waals surface area contributed by atoms with Gasteiger partial charge in [-0.15, -0.1) is 0 Å². The van der Waals surface area contributed by atoms with Crippen molar-refractivity contribution in [1.29, 1.82) is 0 Å². The summed E-state index contributed by atoms with van der Waals surface area (Å²) < 4.78 is 0. The number of fused-ring (bicyclic) bond motifs is 1. The Morgan fingerprint density at radius 2 is 2.04 bits per heavy atom. The lowest BCUT2D eigenvalue weighted by Gasteiger charge is -2.45. The van der Waals surface area contributed by atoms with E-state index in [1.807, 2.05) is 12.1 Å². The number of carbonyl (C=O) groups excluding carboxylic acids is 1. The smallest absolute Gasteiger partial charge is 0.248 e. The van der Waals surface area contributed by atoms with Crippen LogP contribution in [0.1, 0.15) is 35.0 Å². The van der Waals surface area contributed by atoms with E-state index in [4.69, 9.17) is 15.7 Å². The van der Waals surface area contributed by atoms with E-state index in [0.29, 0.717) is 5.56 Å². The van der Waals surface area contributed by atoms with Crippen LogP contribution in [0.25, 0.3) is 11.3 Å². The highest BCUT2D eigenvalue weighted by Crippen LogP contribution is 2.35. The number of aliphatic hydroxyl groups excluding tert-OH is 1. The average Bonchev–Trinajstić information content (AvgIpc) is 3.09. The van der Waals surface area contributed by atoms with Gasteiger partial charge in [0.1, 0.15) is 0 Å². The van der Waals surface area contributed by atoms with E-state index in [1.165, 1.54) is 5.56 Å². The molecule has 0 spiro atoms. The summed E-state index contributed by atoms with van der Waals surface area (Å²) in [6.45, 7) is 3.09. The standard InChI is InChI=1S/C19H22N4O2/c1-11-14(10-24)9-23(11)19-21-16-4-2-3-15(16)17(22-19)12-5-7-13(8-6-12)18(20)25/h5-8,11,14,24H,2-4,9-10H2,1H3,(H2,20,25)/t11-,14-/m0/s1. The summed E-state index contributed by atoms with van der Waals surface area (Å²) in [5.41, 5.74) is 10.1. The molecule has 1 amide bonds. The number of nitrogens with two attached hydrogens (primary N) is 1. The zero-order valence-corrected chi connectivity index (χ0v) is 14.3. The van der Waals surface area contributed by atoms with Crippen LogP contribution in [0.15, 0.2) is 24.3 Å². The molecule has 1 aromatic carbocycles. The third-order valence-corrected chi connectivity index (χ3v) is 5.46. The number of primary amides is 1. The number of benzene rings is 1. The van der Waals surface area contributed by atoms with Crippen LogP contribution in [0.5, 0.6) is 0 Å². The number of rotatable bonds is 4. The van der Waals surface area contributed by atoms with Crippen molar-refractivity contribution in [3.05, 3.63) is 41.1 Å². The highest BCUT2D eigenvalue weighted by molar-refractivity contribution is 5.93. The monoisotopic (exact) mass is 338 g/mol. The minimum absolute atomic E-state index is 0.198. The second-order valence-electron chi connectivity index (χ2n) is 6.93. The Bertz CT molecular complexity index is 819. The Morgan fingerprint density at radius 1 is 1.28 bits per heavy atom. The van der Waals surface area contributed by atoms with Gasteiger partial charge in [0.15, 0.2) is 0 Å². The first kappa shape index (κ1) is 16.0. The van der Waals surface area contributed by atoms with E-state index >= 15 is 0 Å². The fourth-order valence-electron chi connectivity index (χ4n) is 3.74. The zero-order valence-electron chi connectivity index (χ0n) is 14.3. The maximum Gasteiger partial charge on any atom is 0.248 e. The summed E-state index contributed by atoms with van der Waals surface area (Å²) in [6.07, 6.45) is 3.05. The molecule has 130 valence electrons. The molecule has 4 rings (SSSR count). The normalized spacial score (nSPS) is 21.8. The molecule has 6 nitrogen and oxygen atoms in total. The van der Waals surface area contributed by atoms with Crippen LogP contribution in [0.4, 0.5) is 5.95 Å². The predicted molar refractivity (Wildman–Crippen MR) is 95.4 cm³/mol. The second kappa shape index (κ2) is 6.11. The molecule has 0 unspecified atom stereocenters. The number of nitrogens with zero attached hydrogens (tertiary/aromatic N) is 3. The molecular formula is C19H22N4O2. The van der Waals surface area contributed by atoms with Gasteiger partial charge in [-0.2, -0.15) is 0 Å². The lowest BCUT2D eigenvalue weighted by Crippen LogP contribution is -2.56. The molecule has 1 saturated heterocycles. The maximum absolute atomic E-state index is 11.3. The highest BCUT2D eigenvalue weighted by atomic mass is 16.3. The van der Waals surface area contributed by atoms with Gasteiger partial charge in [-0.25, -0.2) is 9.97 Å². The van der Waals surface area contributed by atoms with E-state index < -0.39 is 5.91 Å². The van der Waals surface area contributed by atoms with Gasteiger partial charge in [0.25, 0.3) is 0 Å². The van der Waals surface area contributed by atoms with Gasteiger partial charge >= 0.3 is 0 Å². The maximum atomic E-state index is 11.3. The highest BCUT2D eigenvalue weighted by Gasteiger charge is 2.37. The van der Waals surface area contributed by atoms with Gasteiger partial charge in [-0.05, 0) is 38.3 Å². The number of amides is 1. The van der Waals surface area contributed by atoms with Crippen LogP contribution >= 0.6 is 0 Å². The minimum atomic E-state index is -0.426. The van der Waals surface area contributed by atoms with E-state index in [9.17, 15) is 9.90 Å². The molecule has 0 saturated carbocycles. The molecule has 1 fully saturated rings. The summed E-state index contributed by atoms with van der Waals surface area (Å²) in [4.78, 5) is 23.1. The number of aromatic nitrogens is 2. The molecule has 0 bridgehead atoms. The molecule has 1 aromatic heterocycles. The molecule has 2 aromatic rings. The van der Waals surface area contributed by atoms with Gasteiger partial charge in [0, 0.05) is 47.5 Å². The van der Waals surface area contributed by atoms with Crippen LogP contribution in [0.2, 0.25) is 0 Å². The summed E-state index contributed by atoms with van der Waals surface area (Å²) >= 11 is 0. The number of anilines is 1. The average molecular weight is 338 g/mol. The topological polar surface area (TPSA) is 92.3 Å². The zero-order chi connectivity index (χ0) is 17.6. The quantitative estimate of drug-likeness (QED) is 0.882. The van der Waals surface area contributed by atoms with Crippen molar-refractivity contribution < 1.29 is 9.90 Å². The third-order valence-electron chi connectivity index (χ3n) is 5.46. The summed E-state index contributed by atoms with van der Waals surface area (Å²) in [5, 5.41) is 9.37. The van der Waals surface area contributed by atoms with E-state index in [2.05, 4.69) is 11.8 Å². The third kappa shape index (κ3) is 2.66. The lowest BCUT2D eigenvalue weighted by atomic mass is 9.91. The van der Waals surface area contributed by atoms with Gasteiger partial charge in [-0.1, -0.05) is 12.1 Å². The Labute approximate surface area is 146 Å². The predicted octanol–water partition coefficient (Wildman–Crippen LogP) is 1.55. The Hall–Kier alpha value is -2.47. The van der Waals surface area contributed by atoms with Crippen molar-refractivity contribution >= 4 is 11.9 Å². The molecule has 2 heterocycles. The van der Waals surface area contributed by atoms with Gasteiger partial charge in [-0.3, -0.25) is 4.79 Å². The first-order chi connectivity index (χ1) is 12.1. The Morgan fingerprint density at radius 3 is 2.68 bits per heavy atom. The largest absolute Gasteiger partial charge is 0.396 e. The lowest BCUT2D eigenvalue weighted by molar-refractivity contribution is 0.100. The number of hydrogen-bond acceptors (Lipinski definition) is 5. The molecule has 25 heavy (non-hydrogen) atoms. The van der Waals surface area contributed by atoms with Crippen molar-refractivity contribution in [3.63, 3.8) is 0 Å². The first-order valence-corrected chi connectivity index (χ1v) is 8.76. The first-order valence-electron chi connectivity index (χ1n) is 8.76. The fourth-order valence-corrected chi connectivity index (χ4v) is 3.74. The number of aryl methyl sites for hydroxylation is 1. The van der Waals surface area contributed by atoms with E-state index in [1.54, 1.807) is 12.1 Å². The molecule has 3 N–H and O–H groups in total. The number of carbonyl (C=O) groups is 1.